The lowest BCUT2D eigenvalue weighted by atomic mass is 10.1. The molecule has 1 amide bonds. The second-order valence-corrected chi connectivity index (χ2v) is 6.05. The van der Waals surface area contributed by atoms with E-state index in [1.807, 2.05) is 75.4 Å². The van der Waals surface area contributed by atoms with Crippen LogP contribution in [-0.2, 0) is 0 Å². The minimum Gasteiger partial charge on any atom is -0.321 e. The highest BCUT2D eigenvalue weighted by atomic mass is 16.2. The summed E-state index contributed by atoms with van der Waals surface area (Å²) < 4.78 is 1.73. The lowest BCUT2D eigenvalue weighted by Gasteiger charge is -2.11. The number of carbonyl (C=O) groups is 1. The summed E-state index contributed by atoms with van der Waals surface area (Å²) in [6.07, 6.45) is 0. The highest BCUT2D eigenvalue weighted by Gasteiger charge is 2.22. The molecule has 0 radical (unpaired) electrons. The Balaban J connectivity index is 1.94. The molecule has 0 saturated carbocycles. The molecule has 0 unspecified atom stereocenters. The number of hydrogen-bond donors (Lipinski definition) is 1. The number of benzene rings is 2. The molecule has 5 heteroatoms. The zero-order chi connectivity index (χ0) is 17.1. The molecule has 122 valence electrons. The Kier molecular flexibility index (Phi) is 4.42. The first kappa shape index (κ1) is 15.9. The van der Waals surface area contributed by atoms with Crippen molar-refractivity contribution < 1.29 is 4.79 Å². The number of nitrogens with zero attached hydrogens (tertiary/aromatic N) is 3. The van der Waals surface area contributed by atoms with Gasteiger partial charge in [-0.2, -0.15) is 0 Å². The van der Waals surface area contributed by atoms with E-state index in [0.29, 0.717) is 5.69 Å². The van der Waals surface area contributed by atoms with Gasteiger partial charge in [0.2, 0.25) is 0 Å². The number of anilines is 1. The first-order chi connectivity index (χ1) is 11.6. The summed E-state index contributed by atoms with van der Waals surface area (Å²) >= 11 is 0. The minimum absolute atomic E-state index is 0.110. The lowest BCUT2D eigenvalue weighted by Crippen LogP contribution is -2.16. The largest absolute Gasteiger partial charge is 0.321 e. The minimum atomic E-state index is -0.246. The molecule has 3 rings (SSSR count). The van der Waals surface area contributed by atoms with Crippen LogP contribution < -0.4 is 5.32 Å². The second-order valence-electron chi connectivity index (χ2n) is 6.05. The summed E-state index contributed by atoms with van der Waals surface area (Å²) in [4.78, 5) is 12.6. The number of aryl methyl sites for hydroxylation is 1. The number of para-hydroxylation sites is 1. The Morgan fingerprint density at radius 2 is 1.71 bits per heavy atom. The van der Waals surface area contributed by atoms with Crippen LogP contribution in [-0.4, -0.2) is 20.9 Å². The summed E-state index contributed by atoms with van der Waals surface area (Å²) in [7, 11) is 0. The third-order valence-corrected chi connectivity index (χ3v) is 3.78. The maximum absolute atomic E-state index is 12.6. The predicted molar refractivity (Wildman–Crippen MR) is 94.6 cm³/mol. The van der Waals surface area contributed by atoms with E-state index in [2.05, 4.69) is 15.6 Å². The molecule has 1 N–H and O–H groups in total. The molecule has 3 aromatic rings. The quantitative estimate of drug-likeness (QED) is 0.792. The smallest absolute Gasteiger partial charge is 0.278 e. The number of nitrogens with one attached hydrogen (secondary N) is 1. The number of amides is 1. The van der Waals surface area contributed by atoms with Crippen LogP contribution in [0.25, 0.3) is 5.69 Å². The molecule has 0 aliphatic heterocycles. The molecular weight excluding hydrogens is 300 g/mol. The van der Waals surface area contributed by atoms with Crippen molar-refractivity contribution in [1.82, 2.24) is 15.0 Å². The second kappa shape index (κ2) is 6.66. The first-order valence-electron chi connectivity index (χ1n) is 7.95. The van der Waals surface area contributed by atoms with Crippen LogP contribution in [0.2, 0.25) is 0 Å². The zero-order valence-electron chi connectivity index (χ0n) is 14.0. The Morgan fingerprint density at radius 1 is 1.04 bits per heavy atom. The van der Waals surface area contributed by atoms with Crippen molar-refractivity contribution in [2.24, 2.45) is 0 Å². The van der Waals surface area contributed by atoms with Crippen molar-refractivity contribution in [2.75, 3.05) is 5.32 Å². The van der Waals surface area contributed by atoms with Crippen molar-refractivity contribution >= 4 is 11.6 Å². The fourth-order valence-corrected chi connectivity index (χ4v) is 2.56. The van der Waals surface area contributed by atoms with Crippen LogP contribution in [0.15, 0.2) is 54.6 Å². The molecule has 0 atom stereocenters. The lowest BCUT2D eigenvalue weighted by molar-refractivity contribution is 0.102. The highest BCUT2D eigenvalue weighted by molar-refractivity contribution is 6.03. The van der Waals surface area contributed by atoms with E-state index in [0.717, 1.165) is 22.6 Å². The van der Waals surface area contributed by atoms with E-state index in [4.69, 9.17) is 0 Å². The van der Waals surface area contributed by atoms with E-state index >= 15 is 0 Å². The summed E-state index contributed by atoms with van der Waals surface area (Å²) in [5.74, 6) is -0.135. The van der Waals surface area contributed by atoms with E-state index in [9.17, 15) is 4.79 Å². The van der Waals surface area contributed by atoms with Gasteiger partial charge < -0.3 is 5.32 Å². The molecule has 2 aromatic carbocycles. The molecule has 0 saturated heterocycles. The van der Waals surface area contributed by atoms with E-state index in [-0.39, 0.29) is 11.8 Å². The predicted octanol–water partition coefficient (Wildman–Crippen LogP) is 3.95. The number of carbonyl (C=O) groups excluding carboxylic acids is 1. The summed E-state index contributed by atoms with van der Waals surface area (Å²) in [5, 5.41) is 11.2. The Hall–Kier alpha value is -2.95. The average Bonchev–Trinajstić information content (AvgIpc) is 3.03. The summed E-state index contributed by atoms with van der Waals surface area (Å²) in [6.45, 7) is 6.06. The van der Waals surface area contributed by atoms with Gasteiger partial charge in [0.05, 0.1) is 11.4 Å². The van der Waals surface area contributed by atoms with Gasteiger partial charge in [0.15, 0.2) is 5.69 Å². The van der Waals surface area contributed by atoms with E-state index < -0.39 is 0 Å². The fourth-order valence-electron chi connectivity index (χ4n) is 2.56. The topological polar surface area (TPSA) is 59.8 Å². The van der Waals surface area contributed by atoms with Gasteiger partial charge in [-0.3, -0.25) is 4.79 Å². The maximum atomic E-state index is 12.6. The number of rotatable bonds is 4. The van der Waals surface area contributed by atoms with E-state index in [1.54, 1.807) is 4.68 Å². The van der Waals surface area contributed by atoms with Crippen LogP contribution >= 0.6 is 0 Å². The van der Waals surface area contributed by atoms with Gasteiger partial charge in [0.25, 0.3) is 5.91 Å². The van der Waals surface area contributed by atoms with Gasteiger partial charge in [-0.1, -0.05) is 55.0 Å². The monoisotopic (exact) mass is 320 g/mol. The Morgan fingerprint density at radius 3 is 2.33 bits per heavy atom. The molecule has 24 heavy (non-hydrogen) atoms. The van der Waals surface area contributed by atoms with Crippen molar-refractivity contribution in [3.8, 4) is 5.69 Å². The standard InChI is InChI=1S/C19H20N4O/c1-13(2)18-17(19(24)20-15-11-9-14(3)10-12-15)21-22-23(18)16-7-5-4-6-8-16/h4-13H,1-3H3,(H,20,24). The third kappa shape index (κ3) is 3.20. The van der Waals surface area contributed by atoms with Crippen LogP contribution in [0.4, 0.5) is 5.69 Å². The zero-order valence-corrected chi connectivity index (χ0v) is 14.0. The van der Waals surface area contributed by atoms with Crippen molar-refractivity contribution in [3.63, 3.8) is 0 Å². The average molecular weight is 320 g/mol. The molecule has 0 spiro atoms. The summed E-state index contributed by atoms with van der Waals surface area (Å²) in [5.41, 5.74) is 3.93. The molecule has 0 aliphatic carbocycles. The van der Waals surface area contributed by atoms with Crippen LogP contribution in [0, 0.1) is 6.92 Å². The Labute approximate surface area is 141 Å². The molecule has 5 nitrogen and oxygen atoms in total. The van der Waals surface area contributed by atoms with Gasteiger partial charge in [-0.15, -0.1) is 5.10 Å². The van der Waals surface area contributed by atoms with Crippen LogP contribution in [0.1, 0.15) is 41.5 Å². The van der Waals surface area contributed by atoms with Gasteiger partial charge in [0.1, 0.15) is 0 Å². The fraction of sp³-hybridized carbons (Fsp3) is 0.211. The van der Waals surface area contributed by atoms with Crippen molar-refractivity contribution in [3.05, 3.63) is 71.5 Å². The third-order valence-electron chi connectivity index (χ3n) is 3.78. The maximum Gasteiger partial charge on any atom is 0.278 e. The van der Waals surface area contributed by atoms with Crippen LogP contribution in [0.5, 0.6) is 0 Å². The number of aromatic nitrogens is 3. The molecule has 1 aromatic heterocycles. The molecule has 0 fully saturated rings. The van der Waals surface area contributed by atoms with Gasteiger partial charge >= 0.3 is 0 Å². The first-order valence-corrected chi connectivity index (χ1v) is 7.95. The highest BCUT2D eigenvalue weighted by Crippen LogP contribution is 2.22. The molecule has 0 aliphatic rings. The van der Waals surface area contributed by atoms with Crippen molar-refractivity contribution in [1.29, 1.82) is 0 Å². The molecular formula is C19H20N4O. The van der Waals surface area contributed by atoms with Gasteiger partial charge in [0, 0.05) is 5.69 Å². The molecule has 0 bridgehead atoms. The van der Waals surface area contributed by atoms with Gasteiger partial charge in [-0.05, 0) is 37.1 Å². The summed E-state index contributed by atoms with van der Waals surface area (Å²) in [6, 6.07) is 17.4. The van der Waals surface area contributed by atoms with Crippen LogP contribution in [0.3, 0.4) is 0 Å². The number of hydrogen-bond acceptors (Lipinski definition) is 3. The SMILES string of the molecule is Cc1ccc(NC(=O)c2nnn(-c3ccccc3)c2C(C)C)cc1. The normalized spacial score (nSPS) is 10.8. The molecule has 1 heterocycles. The van der Waals surface area contributed by atoms with E-state index in [1.165, 1.54) is 0 Å². The van der Waals surface area contributed by atoms with Crippen molar-refractivity contribution in [2.45, 2.75) is 26.7 Å². The Bertz CT molecular complexity index is 836. The van der Waals surface area contributed by atoms with Gasteiger partial charge in [-0.25, -0.2) is 4.68 Å².